The molecule has 1 heterocycles. The minimum absolute atomic E-state index is 0.0198. The summed E-state index contributed by atoms with van der Waals surface area (Å²) < 4.78 is 10.5. The summed E-state index contributed by atoms with van der Waals surface area (Å²) in [5.74, 6) is 0.925. The zero-order chi connectivity index (χ0) is 18.8. The molecule has 26 heavy (non-hydrogen) atoms. The predicted octanol–water partition coefficient (Wildman–Crippen LogP) is 3.66. The van der Waals surface area contributed by atoms with Crippen LogP contribution in [0, 0.1) is 10.1 Å². The van der Waals surface area contributed by atoms with E-state index in [9.17, 15) is 15.2 Å². The number of methoxy groups -OCH3 is 2. The number of nitrogens with one attached hydrogen (secondary N) is 1. The van der Waals surface area contributed by atoms with Crippen LogP contribution >= 0.6 is 11.6 Å². The van der Waals surface area contributed by atoms with Gasteiger partial charge in [-0.05, 0) is 23.7 Å². The standard InChI is InChI=1S/C16H13ClN4O5/c1-25-13-6-9-11(7-14(13)26-2)19-16(17)20-15(9)18-10-4-3-8(21(23)24)5-12(10)22/h3-7,22H,1-2H3,(H,18,19,20). The molecule has 0 fully saturated rings. The third-order valence-corrected chi connectivity index (χ3v) is 3.79. The first-order valence-corrected chi connectivity index (χ1v) is 7.64. The summed E-state index contributed by atoms with van der Waals surface area (Å²) in [6.45, 7) is 0. The fourth-order valence-electron chi connectivity index (χ4n) is 2.39. The zero-order valence-corrected chi connectivity index (χ0v) is 14.4. The Morgan fingerprint density at radius 1 is 1.15 bits per heavy atom. The van der Waals surface area contributed by atoms with Crippen molar-refractivity contribution in [2.45, 2.75) is 0 Å². The number of non-ortho nitro benzene ring substituents is 1. The molecule has 1 aromatic heterocycles. The SMILES string of the molecule is COc1cc2nc(Cl)nc(Nc3ccc([N+](=O)[O-])cc3O)c2cc1OC. The number of anilines is 2. The highest BCUT2D eigenvalue weighted by atomic mass is 35.5. The minimum atomic E-state index is -0.600. The first-order valence-electron chi connectivity index (χ1n) is 7.26. The van der Waals surface area contributed by atoms with Crippen LogP contribution in [0.15, 0.2) is 30.3 Å². The Morgan fingerprint density at radius 3 is 2.46 bits per heavy atom. The molecule has 3 aromatic rings. The number of benzene rings is 2. The van der Waals surface area contributed by atoms with E-state index in [1.54, 1.807) is 12.1 Å². The number of nitrogens with zero attached hydrogens (tertiary/aromatic N) is 3. The van der Waals surface area contributed by atoms with Crippen LogP contribution in [0.1, 0.15) is 0 Å². The smallest absolute Gasteiger partial charge is 0.273 e. The Morgan fingerprint density at radius 2 is 1.85 bits per heavy atom. The monoisotopic (exact) mass is 376 g/mol. The van der Waals surface area contributed by atoms with Gasteiger partial charge >= 0.3 is 0 Å². The number of rotatable bonds is 5. The first-order chi connectivity index (χ1) is 12.4. The molecule has 9 nitrogen and oxygen atoms in total. The Balaban J connectivity index is 2.11. The minimum Gasteiger partial charge on any atom is -0.506 e. The van der Waals surface area contributed by atoms with Gasteiger partial charge in [-0.3, -0.25) is 10.1 Å². The van der Waals surface area contributed by atoms with Crippen LogP contribution in [-0.4, -0.2) is 34.2 Å². The van der Waals surface area contributed by atoms with E-state index in [4.69, 9.17) is 21.1 Å². The number of nitro benzene ring substituents is 1. The number of phenols is 1. The van der Waals surface area contributed by atoms with E-state index in [1.165, 1.54) is 26.4 Å². The lowest BCUT2D eigenvalue weighted by molar-refractivity contribution is -0.384. The molecule has 0 aliphatic carbocycles. The second-order valence-corrected chi connectivity index (χ2v) is 5.49. The van der Waals surface area contributed by atoms with Gasteiger partial charge in [-0.25, -0.2) is 4.98 Å². The van der Waals surface area contributed by atoms with E-state index in [0.717, 1.165) is 6.07 Å². The number of halogens is 1. The van der Waals surface area contributed by atoms with Gasteiger partial charge in [0.2, 0.25) is 5.28 Å². The number of ether oxygens (including phenoxy) is 2. The molecule has 10 heteroatoms. The molecule has 0 atom stereocenters. The lowest BCUT2D eigenvalue weighted by atomic mass is 10.2. The van der Waals surface area contributed by atoms with Crippen molar-refractivity contribution < 1.29 is 19.5 Å². The molecule has 0 aliphatic heterocycles. The summed E-state index contributed by atoms with van der Waals surface area (Å²) in [4.78, 5) is 18.5. The van der Waals surface area contributed by atoms with Gasteiger partial charge in [0.1, 0.15) is 11.6 Å². The third-order valence-electron chi connectivity index (χ3n) is 3.62. The van der Waals surface area contributed by atoms with E-state index < -0.39 is 4.92 Å². The molecule has 2 N–H and O–H groups in total. The van der Waals surface area contributed by atoms with E-state index in [0.29, 0.717) is 28.2 Å². The van der Waals surface area contributed by atoms with E-state index in [2.05, 4.69) is 15.3 Å². The van der Waals surface area contributed by atoms with Crippen molar-refractivity contribution in [1.29, 1.82) is 0 Å². The fourth-order valence-corrected chi connectivity index (χ4v) is 2.57. The lowest BCUT2D eigenvalue weighted by Gasteiger charge is -2.13. The number of nitro groups is 1. The molecule has 134 valence electrons. The topological polar surface area (TPSA) is 120 Å². The largest absolute Gasteiger partial charge is 0.506 e. The van der Waals surface area contributed by atoms with Gasteiger partial charge in [-0.2, -0.15) is 4.98 Å². The van der Waals surface area contributed by atoms with Gasteiger partial charge in [-0.15, -0.1) is 0 Å². The van der Waals surface area contributed by atoms with Crippen LogP contribution in [0.4, 0.5) is 17.2 Å². The van der Waals surface area contributed by atoms with Gasteiger partial charge in [0.15, 0.2) is 11.5 Å². The van der Waals surface area contributed by atoms with Crippen LogP contribution in [-0.2, 0) is 0 Å². The Hall–Kier alpha value is -3.33. The molecule has 0 saturated carbocycles. The average Bonchev–Trinajstić information content (AvgIpc) is 2.61. The highest BCUT2D eigenvalue weighted by Crippen LogP contribution is 2.37. The van der Waals surface area contributed by atoms with Crippen LogP contribution in [0.3, 0.4) is 0 Å². The summed E-state index contributed by atoms with van der Waals surface area (Å²) in [6.07, 6.45) is 0. The molecule has 0 amide bonds. The molecule has 0 radical (unpaired) electrons. The van der Waals surface area contributed by atoms with E-state index >= 15 is 0 Å². The predicted molar refractivity (Wildman–Crippen MR) is 95.7 cm³/mol. The number of hydrogen-bond acceptors (Lipinski definition) is 8. The van der Waals surface area contributed by atoms with Crippen molar-refractivity contribution in [3.63, 3.8) is 0 Å². The molecule has 0 saturated heterocycles. The summed E-state index contributed by atoms with van der Waals surface area (Å²) in [5.41, 5.74) is 0.484. The fraction of sp³-hybridized carbons (Fsp3) is 0.125. The molecule has 0 unspecified atom stereocenters. The quantitative estimate of drug-likeness (QED) is 0.299. The maximum absolute atomic E-state index is 10.8. The molecule has 2 aromatic carbocycles. The second kappa shape index (κ2) is 6.89. The van der Waals surface area contributed by atoms with Crippen LogP contribution in [0.25, 0.3) is 10.9 Å². The molecular formula is C16H13ClN4O5. The van der Waals surface area contributed by atoms with Gasteiger partial charge < -0.3 is 19.9 Å². The maximum atomic E-state index is 10.8. The average molecular weight is 377 g/mol. The van der Waals surface area contributed by atoms with Crippen molar-refractivity contribution in [1.82, 2.24) is 9.97 Å². The summed E-state index contributed by atoms with van der Waals surface area (Å²) >= 11 is 5.98. The molecule has 0 aliphatic rings. The van der Waals surface area contributed by atoms with Gasteiger partial charge in [0, 0.05) is 17.5 Å². The summed E-state index contributed by atoms with van der Waals surface area (Å²) in [7, 11) is 3.00. The van der Waals surface area contributed by atoms with Crippen LogP contribution < -0.4 is 14.8 Å². The molecular weight excluding hydrogens is 364 g/mol. The Labute approximate surface area is 152 Å². The molecule has 0 spiro atoms. The first kappa shape index (κ1) is 17.5. The van der Waals surface area contributed by atoms with E-state index in [1.807, 2.05) is 0 Å². The van der Waals surface area contributed by atoms with Gasteiger partial charge in [-0.1, -0.05) is 0 Å². The van der Waals surface area contributed by atoms with Crippen molar-refractivity contribution in [3.8, 4) is 17.2 Å². The number of fused-ring (bicyclic) bond motifs is 1. The van der Waals surface area contributed by atoms with Gasteiger partial charge in [0.25, 0.3) is 5.69 Å². The number of hydrogen-bond donors (Lipinski definition) is 2. The molecule has 0 bridgehead atoms. The normalized spacial score (nSPS) is 10.6. The number of aromatic hydroxyl groups is 1. The van der Waals surface area contributed by atoms with Crippen molar-refractivity contribution in [3.05, 3.63) is 45.7 Å². The number of phenolic OH excluding ortho intramolecular Hbond substituents is 1. The zero-order valence-electron chi connectivity index (χ0n) is 13.7. The van der Waals surface area contributed by atoms with Gasteiger partial charge in [0.05, 0.1) is 36.4 Å². The summed E-state index contributed by atoms with van der Waals surface area (Å²) in [5, 5.41) is 24.3. The third kappa shape index (κ3) is 3.24. The maximum Gasteiger partial charge on any atom is 0.273 e. The van der Waals surface area contributed by atoms with Crippen molar-refractivity contribution in [2.24, 2.45) is 0 Å². The Kier molecular flexibility index (Phi) is 4.63. The van der Waals surface area contributed by atoms with Crippen LogP contribution in [0.5, 0.6) is 17.2 Å². The molecule has 3 rings (SSSR count). The highest BCUT2D eigenvalue weighted by molar-refractivity contribution is 6.28. The highest BCUT2D eigenvalue weighted by Gasteiger charge is 2.15. The lowest BCUT2D eigenvalue weighted by Crippen LogP contribution is -1.99. The second-order valence-electron chi connectivity index (χ2n) is 5.15. The number of aromatic nitrogens is 2. The van der Waals surface area contributed by atoms with Crippen molar-refractivity contribution in [2.75, 3.05) is 19.5 Å². The van der Waals surface area contributed by atoms with E-state index in [-0.39, 0.29) is 22.4 Å². The van der Waals surface area contributed by atoms with Crippen LogP contribution in [0.2, 0.25) is 5.28 Å². The van der Waals surface area contributed by atoms with Crippen molar-refractivity contribution >= 4 is 39.7 Å². The summed E-state index contributed by atoms with van der Waals surface area (Å²) in [6, 6.07) is 6.97. The Bertz CT molecular complexity index is 1010.